The first kappa shape index (κ1) is 14.7. The van der Waals surface area contributed by atoms with Gasteiger partial charge in [-0.15, -0.1) is 0 Å². The van der Waals surface area contributed by atoms with Crippen LogP contribution in [-0.4, -0.2) is 16.7 Å². The van der Waals surface area contributed by atoms with Crippen molar-refractivity contribution in [1.82, 2.24) is 9.55 Å². The number of imidazole rings is 1. The summed E-state index contributed by atoms with van der Waals surface area (Å²) in [6.45, 7) is 0.576. The number of benzene rings is 1. The maximum absolute atomic E-state index is 5.95. The fourth-order valence-corrected chi connectivity index (χ4v) is 3.03. The number of ether oxygens (including phenoxy) is 1. The van der Waals surface area contributed by atoms with Crippen molar-refractivity contribution < 1.29 is 4.74 Å². The Morgan fingerprint density at radius 3 is 2.68 bits per heavy atom. The summed E-state index contributed by atoms with van der Waals surface area (Å²) in [6.07, 6.45) is 1.63. The van der Waals surface area contributed by atoms with Crippen LogP contribution in [0.25, 0.3) is 0 Å². The molecule has 19 heavy (non-hydrogen) atoms. The lowest BCUT2D eigenvalue weighted by atomic mass is 10.3. The SMILES string of the molecule is COc1cc(NCc2ncc(Cl)n2C)c(Br)cc1Br. The van der Waals surface area contributed by atoms with E-state index in [0.717, 1.165) is 26.2 Å². The summed E-state index contributed by atoms with van der Waals surface area (Å²) in [4.78, 5) is 4.23. The maximum atomic E-state index is 5.95. The molecule has 7 heteroatoms. The van der Waals surface area contributed by atoms with Gasteiger partial charge in [-0.25, -0.2) is 4.98 Å². The van der Waals surface area contributed by atoms with Gasteiger partial charge >= 0.3 is 0 Å². The fourth-order valence-electron chi connectivity index (χ4n) is 1.58. The monoisotopic (exact) mass is 407 g/mol. The third-order valence-corrected chi connectivity index (χ3v) is 4.33. The van der Waals surface area contributed by atoms with Crippen LogP contribution in [0.5, 0.6) is 5.75 Å². The van der Waals surface area contributed by atoms with E-state index in [2.05, 4.69) is 42.2 Å². The zero-order chi connectivity index (χ0) is 14.0. The van der Waals surface area contributed by atoms with Crippen molar-refractivity contribution in [3.8, 4) is 5.75 Å². The third-order valence-electron chi connectivity index (χ3n) is 2.71. The maximum Gasteiger partial charge on any atom is 0.135 e. The van der Waals surface area contributed by atoms with Crippen molar-refractivity contribution in [2.24, 2.45) is 7.05 Å². The first-order chi connectivity index (χ1) is 9.02. The van der Waals surface area contributed by atoms with Gasteiger partial charge in [0.15, 0.2) is 0 Å². The highest BCUT2D eigenvalue weighted by Gasteiger charge is 2.09. The predicted octanol–water partition coefficient (Wildman–Crippen LogP) is 4.22. The molecule has 0 saturated heterocycles. The van der Waals surface area contributed by atoms with Crippen LogP contribution in [0.4, 0.5) is 5.69 Å². The molecule has 0 aliphatic carbocycles. The highest BCUT2D eigenvalue weighted by molar-refractivity contribution is 9.11. The molecular weight excluding hydrogens is 397 g/mol. The first-order valence-electron chi connectivity index (χ1n) is 5.46. The zero-order valence-electron chi connectivity index (χ0n) is 10.4. The molecule has 2 rings (SSSR count). The minimum absolute atomic E-state index is 0.576. The van der Waals surface area contributed by atoms with Gasteiger partial charge < -0.3 is 14.6 Å². The van der Waals surface area contributed by atoms with Crippen LogP contribution in [0.2, 0.25) is 5.15 Å². The fraction of sp³-hybridized carbons (Fsp3) is 0.250. The second-order valence-corrected chi connectivity index (χ2v) is 5.97. The average Bonchev–Trinajstić information content (AvgIpc) is 2.69. The van der Waals surface area contributed by atoms with Crippen molar-refractivity contribution in [2.75, 3.05) is 12.4 Å². The lowest BCUT2D eigenvalue weighted by molar-refractivity contribution is 0.412. The van der Waals surface area contributed by atoms with Crippen molar-refractivity contribution in [3.63, 3.8) is 0 Å². The Morgan fingerprint density at radius 1 is 1.37 bits per heavy atom. The lowest BCUT2D eigenvalue weighted by Crippen LogP contribution is -2.06. The van der Waals surface area contributed by atoms with Crippen LogP contribution in [0, 0.1) is 0 Å². The van der Waals surface area contributed by atoms with Crippen molar-refractivity contribution >= 4 is 49.1 Å². The number of hydrogen-bond donors (Lipinski definition) is 1. The summed E-state index contributed by atoms with van der Waals surface area (Å²) in [5, 5.41) is 3.91. The van der Waals surface area contributed by atoms with Gasteiger partial charge in [0.1, 0.15) is 16.7 Å². The number of aromatic nitrogens is 2. The van der Waals surface area contributed by atoms with Gasteiger partial charge in [0.05, 0.1) is 30.0 Å². The molecule has 2 aromatic rings. The molecule has 0 aliphatic rings. The molecule has 102 valence electrons. The standard InChI is InChI=1S/C12H12Br2ClN3O/c1-18-11(15)5-17-12(18)6-16-9-4-10(19-2)8(14)3-7(9)13/h3-5,16H,6H2,1-2H3. The van der Waals surface area contributed by atoms with Gasteiger partial charge in [0.2, 0.25) is 0 Å². The lowest BCUT2D eigenvalue weighted by Gasteiger charge is -2.12. The van der Waals surface area contributed by atoms with Crippen LogP contribution in [-0.2, 0) is 13.6 Å². The van der Waals surface area contributed by atoms with Crippen molar-refractivity contribution in [2.45, 2.75) is 6.54 Å². The number of halogens is 3. The van der Waals surface area contributed by atoms with E-state index in [1.54, 1.807) is 13.3 Å². The predicted molar refractivity (Wildman–Crippen MR) is 83.9 cm³/mol. The van der Waals surface area contributed by atoms with Gasteiger partial charge in [0, 0.05) is 17.6 Å². The van der Waals surface area contributed by atoms with Crippen LogP contribution in [0.1, 0.15) is 5.82 Å². The van der Waals surface area contributed by atoms with E-state index in [-0.39, 0.29) is 0 Å². The summed E-state index contributed by atoms with van der Waals surface area (Å²) >= 11 is 12.9. The molecule has 1 aromatic heterocycles. The van der Waals surface area contributed by atoms with Crippen LogP contribution in [0.3, 0.4) is 0 Å². The number of nitrogens with zero attached hydrogens (tertiary/aromatic N) is 2. The molecular formula is C12H12Br2ClN3O. The Labute approximate surface area is 133 Å². The van der Waals surface area contributed by atoms with Gasteiger partial charge in [0.25, 0.3) is 0 Å². The largest absolute Gasteiger partial charge is 0.495 e. The number of rotatable bonds is 4. The molecule has 0 bridgehead atoms. The van der Waals surface area contributed by atoms with Gasteiger partial charge in [-0.1, -0.05) is 11.6 Å². The van der Waals surface area contributed by atoms with E-state index in [9.17, 15) is 0 Å². The van der Waals surface area contributed by atoms with E-state index >= 15 is 0 Å². The van der Waals surface area contributed by atoms with Gasteiger partial charge in [-0.2, -0.15) is 0 Å². The number of anilines is 1. The first-order valence-corrected chi connectivity index (χ1v) is 7.42. The molecule has 1 heterocycles. The minimum atomic E-state index is 0.576. The Bertz CT molecular complexity index is 601. The highest BCUT2D eigenvalue weighted by atomic mass is 79.9. The van der Waals surface area contributed by atoms with Gasteiger partial charge in [-0.3, -0.25) is 0 Å². The van der Waals surface area contributed by atoms with E-state index in [1.807, 2.05) is 23.7 Å². The Kier molecular flexibility index (Phi) is 4.76. The van der Waals surface area contributed by atoms with E-state index in [0.29, 0.717) is 11.7 Å². The number of hydrogen-bond acceptors (Lipinski definition) is 3. The van der Waals surface area contributed by atoms with E-state index < -0.39 is 0 Å². The molecule has 0 fully saturated rings. The summed E-state index contributed by atoms with van der Waals surface area (Å²) < 4.78 is 8.94. The number of nitrogens with one attached hydrogen (secondary N) is 1. The number of methoxy groups -OCH3 is 1. The summed E-state index contributed by atoms with van der Waals surface area (Å²) in [6, 6.07) is 3.85. The second-order valence-electron chi connectivity index (χ2n) is 3.88. The van der Waals surface area contributed by atoms with Crippen LogP contribution in [0.15, 0.2) is 27.3 Å². The molecule has 1 aromatic carbocycles. The van der Waals surface area contributed by atoms with Crippen LogP contribution < -0.4 is 10.1 Å². The summed E-state index contributed by atoms with van der Waals surface area (Å²) in [5.74, 6) is 1.63. The average molecular weight is 410 g/mol. The van der Waals surface area contributed by atoms with Crippen molar-refractivity contribution in [1.29, 1.82) is 0 Å². The quantitative estimate of drug-likeness (QED) is 0.822. The summed E-state index contributed by atoms with van der Waals surface area (Å²) in [7, 11) is 3.51. The Hall–Kier alpha value is -0.720. The molecule has 0 atom stereocenters. The molecule has 1 N–H and O–H groups in total. The molecule has 0 saturated carbocycles. The zero-order valence-corrected chi connectivity index (χ0v) is 14.3. The molecule has 0 unspecified atom stereocenters. The smallest absolute Gasteiger partial charge is 0.135 e. The van der Waals surface area contributed by atoms with E-state index in [4.69, 9.17) is 16.3 Å². The highest BCUT2D eigenvalue weighted by Crippen LogP contribution is 2.34. The minimum Gasteiger partial charge on any atom is -0.495 e. The molecule has 4 nitrogen and oxygen atoms in total. The Balaban J connectivity index is 2.17. The van der Waals surface area contributed by atoms with E-state index in [1.165, 1.54) is 0 Å². The second kappa shape index (κ2) is 6.15. The van der Waals surface area contributed by atoms with Crippen molar-refractivity contribution in [3.05, 3.63) is 38.3 Å². The topological polar surface area (TPSA) is 39.1 Å². The Morgan fingerprint density at radius 2 is 2.11 bits per heavy atom. The molecule has 0 amide bonds. The normalized spacial score (nSPS) is 10.6. The molecule has 0 aliphatic heterocycles. The van der Waals surface area contributed by atoms with Crippen LogP contribution >= 0.6 is 43.5 Å². The molecule has 0 radical (unpaired) electrons. The summed E-state index contributed by atoms with van der Waals surface area (Å²) in [5.41, 5.74) is 0.930. The van der Waals surface area contributed by atoms with Gasteiger partial charge in [-0.05, 0) is 37.9 Å². The molecule has 0 spiro atoms. The third kappa shape index (κ3) is 3.24.